The number of hydrogen-bond donors (Lipinski definition) is 0. The van der Waals surface area contributed by atoms with Crippen LogP contribution in [0.25, 0.3) is 0 Å². The van der Waals surface area contributed by atoms with E-state index in [1.54, 1.807) is 0 Å². The molecule has 2 aliphatic rings. The maximum absolute atomic E-state index is 2.39. The first-order valence-corrected chi connectivity index (χ1v) is 11.8. The van der Waals surface area contributed by atoms with Gasteiger partial charge in [0.25, 0.3) is 0 Å². The minimum Gasteiger partial charge on any atom is -0.0776 e. The Balaban J connectivity index is -0.000000176. The third kappa shape index (κ3) is 17.7. The summed E-state index contributed by atoms with van der Waals surface area (Å²) in [5, 5.41) is 0. The van der Waals surface area contributed by atoms with E-state index >= 15 is 0 Å². The van der Waals surface area contributed by atoms with Crippen molar-refractivity contribution < 1.29 is 0 Å². The van der Waals surface area contributed by atoms with Crippen LogP contribution in [0.2, 0.25) is 0 Å². The van der Waals surface area contributed by atoms with E-state index in [1.807, 2.05) is 0 Å². The molecular formula is C30H68. The molecule has 188 valence electrons. The number of hydrogen-bond acceptors (Lipinski definition) is 0. The first kappa shape index (κ1) is 37.3. The third-order valence-electron chi connectivity index (χ3n) is 6.46. The molecule has 0 bridgehead atoms. The van der Waals surface area contributed by atoms with Gasteiger partial charge in [0.1, 0.15) is 0 Å². The van der Waals surface area contributed by atoms with Gasteiger partial charge in [0, 0.05) is 0 Å². The molecule has 30 heavy (non-hydrogen) atoms. The maximum atomic E-state index is 2.39. The number of rotatable bonds is 0. The maximum Gasteiger partial charge on any atom is -0.0354 e. The van der Waals surface area contributed by atoms with Gasteiger partial charge in [-0.3, -0.25) is 0 Å². The van der Waals surface area contributed by atoms with Crippen molar-refractivity contribution in [2.24, 2.45) is 39.4 Å². The van der Waals surface area contributed by atoms with Gasteiger partial charge in [-0.25, -0.2) is 0 Å². The Morgan fingerprint density at radius 1 is 0.400 bits per heavy atom. The molecule has 0 heteroatoms. The van der Waals surface area contributed by atoms with Crippen molar-refractivity contribution in [3.8, 4) is 0 Å². The van der Waals surface area contributed by atoms with Crippen LogP contribution in [0.3, 0.4) is 0 Å². The van der Waals surface area contributed by atoms with Gasteiger partial charge in [-0.05, 0) is 71.5 Å². The van der Waals surface area contributed by atoms with E-state index in [1.165, 1.54) is 44.9 Å². The molecule has 0 saturated heterocycles. The molecule has 0 spiro atoms. The van der Waals surface area contributed by atoms with Crippen molar-refractivity contribution >= 4 is 0 Å². The molecule has 2 fully saturated rings. The lowest BCUT2D eigenvalue weighted by Gasteiger charge is -2.30. The van der Waals surface area contributed by atoms with Crippen LogP contribution in [-0.4, -0.2) is 0 Å². The van der Waals surface area contributed by atoms with Gasteiger partial charge >= 0.3 is 0 Å². The van der Waals surface area contributed by atoms with E-state index in [0.29, 0.717) is 21.7 Å². The van der Waals surface area contributed by atoms with Crippen LogP contribution in [0.1, 0.15) is 157 Å². The second kappa shape index (κ2) is 14.2. The highest BCUT2D eigenvalue weighted by molar-refractivity contribution is 4.88. The zero-order valence-corrected chi connectivity index (χ0v) is 21.7. The van der Waals surface area contributed by atoms with E-state index in [4.69, 9.17) is 0 Å². The van der Waals surface area contributed by atoms with Gasteiger partial charge in [-0.2, -0.15) is 0 Å². The van der Waals surface area contributed by atoms with Crippen LogP contribution in [0.5, 0.6) is 0 Å². The highest BCUT2D eigenvalue weighted by atomic mass is 14.4. The van der Waals surface area contributed by atoms with Crippen molar-refractivity contribution in [2.75, 3.05) is 0 Å². The van der Waals surface area contributed by atoms with E-state index in [-0.39, 0.29) is 22.3 Å². The van der Waals surface area contributed by atoms with Gasteiger partial charge < -0.3 is 0 Å². The molecule has 2 unspecified atom stereocenters. The lowest BCUT2D eigenvalue weighted by Crippen LogP contribution is -2.21. The van der Waals surface area contributed by atoms with Crippen molar-refractivity contribution in [2.45, 2.75) is 157 Å². The molecule has 0 aromatic rings. The molecule has 2 rings (SSSR count). The molecule has 0 heterocycles. The second-order valence-corrected chi connectivity index (χ2v) is 14.3. The van der Waals surface area contributed by atoms with Crippen LogP contribution in [0.15, 0.2) is 0 Å². The van der Waals surface area contributed by atoms with E-state index in [2.05, 4.69) is 90.0 Å². The molecule has 0 aromatic heterocycles. The van der Waals surface area contributed by atoms with Crippen LogP contribution in [-0.2, 0) is 0 Å². The zero-order chi connectivity index (χ0) is 21.7. The first-order chi connectivity index (χ1) is 11.8. The van der Waals surface area contributed by atoms with Gasteiger partial charge in [-0.15, -0.1) is 0 Å². The Morgan fingerprint density at radius 3 is 0.767 bits per heavy atom. The lowest BCUT2D eigenvalue weighted by molar-refractivity contribution is 0.197. The Bertz CT molecular complexity index is 356. The first-order valence-electron chi connectivity index (χ1n) is 11.8. The topological polar surface area (TPSA) is 0 Å². The summed E-state index contributed by atoms with van der Waals surface area (Å²) in [4.78, 5) is 0. The molecule has 0 amide bonds. The minimum absolute atomic E-state index is 0. The van der Waals surface area contributed by atoms with E-state index in [0.717, 1.165) is 17.8 Å². The summed E-state index contributed by atoms with van der Waals surface area (Å²) in [5.41, 5.74) is 2.14. The molecule has 2 atom stereocenters. The normalized spacial score (nSPS) is 22.3. The van der Waals surface area contributed by atoms with Crippen molar-refractivity contribution in [1.82, 2.24) is 0 Å². The Kier molecular flexibility index (Phi) is 17.7. The van der Waals surface area contributed by atoms with Gasteiger partial charge in [-0.1, -0.05) is 125 Å². The van der Waals surface area contributed by atoms with Gasteiger partial charge in [0.05, 0.1) is 0 Å². The lowest BCUT2D eigenvalue weighted by atomic mass is 9.75. The quantitative estimate of drug-likeness (QED) is 0.359. The monoisotopic (exact) mass is 429 g/mol. The standard InChI is InChI=1S/C13H26.C9H18.C5H12.3CH4/c1-12(2,3)10-7-8-11(9-10)13(4,5)6;1-9(2,3)8-6-4-5-7-8;1-5(2,3)4;;;/h10-11H,7-9H2,1-6H3;8H,4-7H2,1-3H3;1-4H3;3*1H4. The smallest absolute Gasteiger partial charge is 0.0354 e. The summed E-state index contributed by atoms with van der Waals surface area (Å²) in [5.74, 6) is 2.92. The van der Waals surface area contributed by atoms with Crippen LogP contribution < -0.4 is 0 Å². The Hall–Kier alpha value is 0. The Morgan fingerprint density at radius 2 is 0.633 bits per heavy atom. The molecular weight excluding hydrogens is 360 g/mol. The SMILES string of the molecule is C.C.C.CC(C)(C)C.CC(C)(C)C1CCC(C(C)(C)C)C1.CC(C)(C)C1CCCC1. The van der Waals surface area contributed by atoms with Gasteiger partial charge in [0.2, 0.25) is 0 Å². The minimum atomic E-state index is 0. The fourth-order valence-corrected chi connectivity index (χ4v) is 4.35. The summed E-state index contributed by atoms with van der Waals surface area (Å²) in [6.45, 7) is 30.2. The van der Waals surface area contributed by atoms with Crippen molar-refractivity contribution in [3.63, 3.8) is 0 Å². The molecule has 0 aromatic carbocycles. The molecule has 0 radical (unpaired) electrons. The molecule has 0 nitrogen and oxygen atoms in total. The van der Waals surface area contributed by atoms with Crippen molar-refractivity contribution in [3.05, 3.63) is 0 Å². The van der Waals surface area contributed by atoms with E-state index < -0.39 is 0 Å². The summed E-state index contributed by atoms with van der Waals surface area (Å²) >= 11 is 0. The Labute approximate surface area is 196 Å². The predicted octanol–water partition coefficient (Wildman–Crippen LogP) is 11.7. The van der Waals surface area contributed by atoms with Crippen LogP contribution >= 0.6 is 0 Å². The summed E-state index contributed by atoms with van der Waals surface area (Å²) in [7, 11) is 0. The molecule has 0 aliphatic heterocycles. The predicted molar refractivity (Wildman–Crippen MR) is 146 cm³/mol. The summed E-state index contributed by atoms with van der Waals surface area (Å²) in [6.07, 6.45) is 10.3. The van der Waals surface area contributed by atoms with Crippen molar-refractivity contribution in [1.29, 1.82) is 0 Å². The largest absolute Gasteiger partial charge is 0.0776 e. The fourth-order valence-electron chi connectivity index (χ4n) is 4.35. The molecule has 2 aliphatic carbocycles. The summed E-state index contributed by atoms with van der Waals surface area (Å²) in [6, 6.07) is 0. The highest BCUT2D eigenvalue weighted by Gasteiger charge is 2.37. The van der Waals surface area contributed by atoms with E-state index in [9.17, 15) is 0 Å². The zero-order valence-electron chi connectivity index (χ0n) is 21.7. The molecule has 2 saturated carbocycles. The summed E-state index contributed by atoms with van der Waals surface area (Å²) < 4.78 is 0. The van der Waals surface area contributed by atoms with Gasteiger partial charge in [0.15, 0.2) is 0 Å². The van der Waals surface area contributed by atoms with Crippen LogP contribution in [0.4, 0.5) is 0 Å². The highest BCUT2D eigenvalue weighted by Crippen LogP contribution is 2.48. The second-order valence-electron chi connectivity index (χ2n) is 14.3. The average Bonchev–Trinajstić information content (AvgIpc) is 3.08. The molecule has 0 N–H and O–H groups in total. The van der Waals surface area contributed by atoms with Crippen LogP contribution in [0, 0.1) is 39.4 Å². The fraction of sp³-hybridized carbons (Fsp3) is 1.00. The third-order valence-corrected chi connectivity index (χ3v) is 6.46. The average molecular weight is 429 g/mol.